The molecule has 0 aliphatic carbocycles. The molecule has 0 aliphatic rings. The molecule has 2 aromatic rings. The van der Waals surface area contributed by atoms with Crippen molar-refractivity contribution in [1.29, 1.82) is 0 Å². The fraction of sp³-hybridized carbons (Fsp3) is 0.364. The molecule has 0 aromatic carbocycles. The quantitative estimate of drug-likeness (QED) is 0.828. The highest BCUT2D eigenvalue weighted by atomic mass is 16.3. The molecular formula is C11H15N3O. The summed E-state index contributed by atoms with van der Waals surface area (Å²) in [7, 11) is 1.91. The Morgan fingerprint density at radius 2 is 2.33 bits per heavy atom. The molecule has 15 heavy (non-hydrogen) atoms. The maximum atomic E-state index is 5.42. The van der Waals surface area contributed by atoms with E-state index in [1.54, 1.807) is 6.26 Å². The molecule has 4 nitrogen and oxygen atoms in total. The van der Waals surface area contributed by atoms with Crippen LogP contribution in [-0.4, -0.2) is 16.8 Å². The molecule has 1 N–H and O–H groups in total. The van der Waals surface area contributed by atoms with Crippen molar-refractivity contribution < 1.29 is 4.42 Å². The highest BCUT2D eigenvalue weighted by Gasteiger charge is 2.11. The van der Waals surface area contributed by atoms with Gasteiger partial charge >= 0.3 is 0 Å². The van der Waals surface area contributed by atoms with E-state index < -0.39 is 0 Å². The van der Waals surface area contributed by atoms with Gasteiger partial charge in [-0.1, -0.05) is 0 Å². The van der Waals surface area contributed by atoms with Crippen LogP contribution in [-0.2, 0) is 13.1 Å². The molecule has 0 radical (unpaired) electrons. The van der Waals surface area contributed by atoms with Gasteiger partial charge in [-0.3, -0.25) is 4.68 Å². The Balaban J connectivity index is 2.40. The summed E-state index contributed by atoms with van der Waals surface area (Å²) >= 11 is 0. The van der Waals surface area contributed by atoms with E-state index in [-0.39, 0.29) is 0 Å². The minimum Gasteiger partial charge on any atom is -0.467 e. The molecular weight excluding hydrogens is 190 g/mol. The monoisotopic (exact) mass is 205 g/mol. The van der Waals surface area contributed by atoms with Gasteiger partial charge in [-0.25, -0.2) is 0 Å². The lowest BCUT2D eigenvalue weighted by atomic mass is 10.2. The van der Waals surface area contributed by atoms with Crippen LogP contribution in [0.1, 0.15) is 12.7 Å². The Labute approximate surface area is 88.9 Å². The normalized spacial score (nSPS) is 10.8. The Morgan fingerprint density at radius 3 is 3.07 bits per heavy atom. The number of rotatable bonds is 4. The summed E-state index contributed by atoms with van der Waals surface area (Å²) in [4.78, 5) is 0. The van der Waals surface area contributed by atoms with Crippen LogP contribution in [0.3, 0.4) is 0 Å². The Kier molecular flexibility index (Phi) is 2.87. The van der Waals surface area contributed by atoms with Crippen LogP contribution in [0.25, 0.3) is 11.3 Å². The minimum atomic E-state index is 0.733. The molecule has 2 heterocycles. The van der Waals surface area contributed by atoms with Crippen LogP contribution in [0.4, 0.5) is 0 Å². The summed E-state index contributed by atoms with van der Waals surface area (Å²) < 4.78 is 7.39. The zero-order valence-corrected chi connectivity index (χ0v) is 9.03. The van der Waals surface area contributed by atoms with Gasteiger partial charge in [0, 0.05) is 18.3 Å². The first kappa shape index (κ1) is 9.98. The molecule has 0 atom stereocenters. The van der Waals surface area contributed by atoms with E-state index in [4.69, 9.17) is 4.42 Å². The topological polar surface area (TPSA) is 43.0 Å². The molecule has 0 aliphatic heterocycles. The van der Waals surface area contributed by atoms with Crippen LogP contribution < -0.4 is 5.32 Å². The number of furan rings is 1. The maximum absolute atomic E-state index is 5.42. The molecule has 80 valence electrons. The predicted octanol–water partition coefficient (Wildman–Crippen LogP) is 1.88. The second-order valence-corrected chi connectivity index (χ2v) is 3.32. The van der Waals surface area contributed by atoms with Crippen LogP contribution in [0.15, 0.2) is 29.0 Å². The summed E-state index contributed by atoms with van der Waals surface area (Å²) in [6, 6.07) is 3.99. The lowest BCUT2D eigenvalue weighted by Gasteiger charge is -2.04. The molecule has 0 saturated heterocycles. The molecule has 2 rings (SSSR count). The van der Waals surface area contributed by atoms with Crippen molar-refractivity contribution in [3.05, 3.63) is 30.4 Å². The minimum absolute atomic E-state index is 0.733. The van der Waals surface area contributed by atoms with Gasteiger partial charge in [0.2, 0.25) is 0 Å². The third-order valence-corrected chi connectivity index (χ3v) is 2.37. The molecule has 0 bridgehead atoms. The van der Waals surface area contributed by atoms with Gasteiger partial charge < -0.3 is 9.73 Å². The molecule has 0 fully saturated rings. The molecule has 4 heteroatoms. The Hall–Kier alpha value is -1.55. The van der Waals surface area contributed by atoms with E-state index in [2.05, 4.69) is 17.3 Å². The average Bonchev–Trinajstić information content (AvgIpc) is 2.84. The first-order valence-corrected chi connectivity index (χ1v) is 5.10. The number of aromatic nitrogens is 2. The standard InChI is InChI=1S/C11H15N3O/c1-3-14-10(4-6-13-14)9-5-7-15-11(9)8-12-2/h4-7,12H,3,8H2,1-2H3. The van der Waals surface area contributed by atoms with Gasteiger partial charge in [0.15, 0.2) is 0 Å². The van der Waals surface area contributed by atoms with E-state index in [9.17, 15) is 0 Å². The van der Waals surface area contributed by atoms with Crippen molar-refractivity contribution in [1.82, 2.24) is 15.1 Å². The van der Waals surface area contributed by atoms with Gasteiger partial charge in [-0.15, -0.1) is 0 Å². The summed E-state index contributed by atoms with van der Waals surface area (Å²) in [6.45, 7) is 3.68. The first-order chi connectivity index (χ1) is 7.36. The number of hydrogen-bond donors (Lipinski definition) is 1. The van der Waals surface area contributed by atoms with Crippen molar-refractivity contribution in [2.75, 3.05) is 7.05 Å². The molecule has 2 aromatic heterocycles. The number of aryl methyl sites for hydroxylation is 1. The van der Waals surface area contributed by atoms with Gasteiger partial charge in [0.25, 0.3) is 0 Å². The van der Waals surface area contributed by atoms with E-state index in [0.29, 0.717) is 0 Å². The zero-order valence-electron chi connectivity index (χ0n) is 9.03. The lowest BCUT2D eigenvalue weighted by Crippen LogP contribution is -2.06. The lowest BCUT2D eigenvalue weighted by molar-refractivity contribution is 0.496. The predicted molar refractivity (Wildman–Crippen MR) is 58.4 cm³/mol. The summed E-state index contributed by atoms with van der Waals surface area (Å²) in [5, 5.41) is 7.33. The maximum Gasteiger partial charge on any atom is 0.126 e. The van der Waals surface area contributed by atoms with Crippen molar-refractivity contribution in [2.24, 2.45) is 0 Å². The average molecular weight is 205 g/mol. The van der Waals surface area contributed by atoms with E-state index in [1.165, 1.54) is 0 Å². The zero-order chi connectivity index (χ0) is 10.7. The highest BCUT2D eigenvalue weighted by molar-refractivity contribution is 5.61. The number of nitrogens with zero attached hydrogens (tertiary/aromatic N) is 2. The van der Waals surface area contributed by atoms with Crippen molar-refractivity contribution in [3.63, 3.8) is 0 Å². The van der Waals surface area contributed by atoms with Gasteiger partial charge in [-0.05, 0) is 26.1 Å². The highest BCUT2D eigenvalue weighted by Crippen LogP contribution is 2.24. The third kappa shape index (κ3) is 1.80. The summed E-state index contributed by atoms with van der Waals surface area (Å²) in [6.07, 6.45) is 3.53. The second-order valence-electron chi connectivity index (χ2n) is 3.32. The van der Waals surface area contributed by atoms with E-state index in [1.807, 2.05) is 30.1 Å². The first-order valence-electron chi connectivity index (χ1n) is 5.10. The summed E-state index contributed by atoms with van der Waals surface area (Å²) in [5.41, 5.74) is 2.22. The van der Waals surface area contributed by atoms with E-state index >= 15 is 0 Å². The largest absolute Gasteiger partial charge is 0.467 e. The molecule has 0 spiro atoms. The second kappa shape index (κ2) is 4.31. The molecule has 0 unspecified atom stereocenters. The smallest absolute Gasteiger partial charge is 0.126 e. The molecule has 0 amide bonds. The van der Waals surface area contributed by atoms with Crippen LogP contribution in [0.5, 0.6) is 0 Å². The third-order valence-electron chi connectivity index (χ3n) is 2.37. The van der Waals surface area contributed by atoms with Crippen LogP contribution in [0.2, 0.25) is 0 Å². The van der Waals surface area contributed by atoms with Crippen molar-refractivity contribution >= 4 is 0 Å². The fourth-order valence-electron chi connectivity index (χ4n) is 1.68. The number of nitrogens with one attached hydrogen (secondary N) is 1. The summed E-state index contributed by atoms with van der Waals surface area (Å²) in [5.74, 6) is 0.952. The fourth-order valence-corrected chi connectivity index (χ4v) is 1.68. The van der Waals surface area contributed by atoms with Crippen molar-refractivity contribution in [2.45, 2.75) is 20.0 Å². The van der Waals surface area contributed by atoms with E-state index in [0.717, 1.165) is 30.1 Å². The Morgan fingerprint density at radius 1 is 1.47 bits per heavy atom. The van der Waals surface area contributed by atoms with Gasteiger partial charge in [0.1, 0.15) is 5.76 Å². The van der Waals surface area contributed by atoms with Gasteiger partial charge in [0.05, 0.1) is 18.5 Å². The Bertz CT molecular complexity index is 430. The van der Waals surface area contributed by atoms with Crippen LogP contribution >= 0.6 is 0 Å². The van der Waals surface area contributed by atoms with Gasteiger partial charge in [-0.2, -0.15) is 5.10 Å². The number of hydrogen-bond acceptors (Lipinski definition) is 3. The SMILES string of the molecule is CCn1nccc1-c1ccoc1CNC. The van der Waals surface area contributed by atoms with Crippen molar-refractivity contribution in [3.8, 4) is 11.3 Å². The van der Waals surface area contributed by atoms with Crippen LogP contribution in [0, 0.1) is 0 Å². The molecule has 0 saturated carbocycles.